The van der Waals surface area contributed by atoms with Gasteiger partial charge < -0.3 is 0 Å². The maximum atomic E-state index is 11.8. The molecular weight excluding hydrogens is 359 g/mol. The van der Waals surface area contributed by atoms with Crippen LogP contribution in [0.25, 0.3) is 0 Å². The van der Waals surface area contributed by atoms with Crippen LogP contribution in [0, 0.1) is 10.1 Å². The van der Waals surface area contributed by atoms with Gasteiger partial charge in [-0.3, -0.25) is 10.1 Å². The molecule has 0 fully saturated rings. The van der Waals surface area contributed by atoms with Crippen LogP contribution in [0.4, 0.5) is 5.69 Å². The van der Waals surface area contributed by atoms with Gasteiger partial charge in [0.1, 0.15) is 0 Å². The highest BCUT2D eigenvalue weighted by Gasteiger charge is 2.24. The lowest BCUT2D eigenvalue weighted by molar-refractivity contribution is -0.387. The van der Waals surface area contributed by atoms with Crippen LogP contribution in [0.15, 0.2) is 29.2 Å². The number of para-hydroxylation sites is 1. The maximum absolute atomic E-state index is 11.8. The van der Waals surface area contributed by atoms with Gasteiger partial charge in [0.05, 0.1) is 4.92 Å². The Kier molecular flexibility index (Phi) is 5.28. The Morgan fingerprint density at radius 3 is 2.59 bits per heavy atom. The van der Waals surface area contributed by atoms with Crippen molar-refractivity contribution in [2.45, 2.75) is 11.3 Å². The molecule has 6 nitrogen and oxygen atoms in total. The van der Waals surface area contributed by atoms with Gasteiger partial charge >= 0.3 is 0 Å². The molecule has 94 valence electrons. The number of alkyl halides is 1. The highest BCUT2D eigenvalue weighted by Crippen LogP contribution is 2.22. The molecule has 1 aromatic carbocycles. The lowest BCUT2D eigenvalue weighted by Gasteiger charge is -2.06. The van der Waals surface area contributed by atoms with E-state index in [1.807, 2.05) is 0 Å². The average molecular weight is 370 g/mol. The number of rotatable bonds is 6. The molecule has 0 bridgehead atoms. The van der Waals surface area contributed by atoms with E-state index < -0.39 is 20.6 Å². The molecule has 8 heteroatoms. The largest absolute Gasteiger partial charge is 0.289 e. The second-order valence-electron chi connectivity index (χ2n) is 3.17. The van der Waals surface area contributed by atoms with Crippen LogP contribution in [0.2, 0.25) is 0 Å². The zero-order chi connectivity index (χ0) is 12.9. The fraction of sp³-hybridized carbons (Fsp3) is 0.333. The van der Waals surface area contributed by atoms with Gasteiger partial charge in [0.2, 0.25) is 10.0 Å². The fourth-order valence-corrected chi connectivity index (χ4v) is 2.81. The van der Waals surface area contributed by atoms with E-state index in [0.717, 1.165) is 4.43 Å². The number of benzene rings is 1. The topological polar surface area (TPSA) is 89.3 Å². The van der Waals surface area contributed by atoms with Crippen molar-refractivity contribution < 1.29 is 13.3 Å². The van der Waals surface area contributed by atoms with Gasteiger partial charge in [-0.05, 0) is 12.5 Å². The third kappa shape index (κ3) is 3.89. The van der Waals surface area contributed by atoms with Crippen LogP contribution in [0.3, 0.4) is 0 Å². The highest BCUT2D eigenvalue weighted by molar-refractivity contribution is 14.1. The first-order valence-electron chi connectivity index (χ1n) is 4.78. The zero-order valence-corrected chi connectivity index (χ0v) is 11.8. The second kappa shape index (κ2) is 6.26. The normalized spacial score (nSPS) is 11.4. The molecule has 0 amide bonds. The minimum Gasteiger partial charge on any atom is -0.258 e. The van der Waals surface area contributed by atoms with Crippen molar-refractivity contribution >= 4 is 38.3 Å². The number of nitro benzene ring substituents is 1. The monoisotopic (exact) mass is 370 g/mol. The van der Waals surface area contributed by atoms with Gasteiger partial charge in [0.15, 0.2) is 4.90 Å². The molecule has 0 saturated heterocycles. The molecule has 17 heavy (non-hydrogen) atoms. The fourth-order valence-electron chi connectivity index (χ4n) is 1.19. The number of hydrogen-bond acceptors (Lipinski definition) is 4. The van der Waals surface area contributed by atoms with Gasteiger partial charge in [-0.1, -0.05) is 34.7 Å². The van der Waals surface area contributed by atoms with Crippen LogP contribution in [0.1, 0.15) is 6.42 Å². The molecule has 0 saturated carbocycles. The Hall–Kier alpha value is -0.740. The molecule has 0 unspecified atom stereocenters. The van der Waals surface area contributed by atoms with Crippen molar-refractivity contribution in [3.8, 4) is 0 Å². The first-order valence-corrected chi connectivity index (χ1v) is 7.79. The summed E-state index contributed by atoms with van der Waals surface area (Å²) in [6.07, 6.45) is 0.681. The Balaban J connectivity index is 3.02. The molecular formula is C9H11IN2O4S. The number of nitrogens with one attached hydrogen (secondary N) is 1. The highest BCUT2D eigenvalue weighted by atomic mass is 127. The van der Waals surface area contributed by atoms with E-state index in [4.69, 9.17) is 0 Å². The number of halogens is 1. The molecule has 0 aliphatic heterocycles. The first kappa shape index (κ1) is 14.3. The maximum Gasteiger partial charge on any atom is 0.289 e. The SMILES string of the molecule is O=[N+]([O-])c1ccccc1S(=O)(=O)NCCCI. The third-order valence-corrected chi connectivity index (χ3v) is 4.23. The number of nitrogens with zero attached hydrogens (tertiary/aromatic N) is 1. The van der Waals surface area contributed by atoms with Gasteiger partial charge in [-0.2, -0.15) is 0 Å². The summed E-state index contributed by atoms with van der Waals surface area (Å²) in [6.45, 7) is 0.275. The molecule has 0 aliphatic rings. The average Bonchev–Trinajstić information content (AvgIpc) is 2.29. The van der Waals surface area contributed by atoms with Crippen molar-refractivity contribution in [2.24, 2.45) is 0 Å². The van der Waals surface area contributed by atoms with Crippen molar-refractivity contribution in [3.05, 3.63) is 34.4 Å². The van der Waals surface area contributed by atoms with Gasteiger partial charge in [-0.15, -0.1) is 0 Å². The standard InChI is InChI=1S/C9H11IN2O4S/c10-6-3-7-11-17(15,16)9-5-2-1-4-8(9)12(13)14/h1-2,4-5,11H,3,6-7H2. The summed E-state index contributed by atoms with van der Waals surface area (Å²) in [5, 5.41) is 10.7. The van der Waals surface area contributed by atoms with Crippen LogP contribution < -0.4 is 4.72 Å². The van der Waals surface area contributed by atoms with Crippen LogP contribution in [-0.2, 0) is 10.0 Å². The van der Waals surface area contributed by atoms with Crippen molar-refractivity contribution in [1.82, 2.24) is 4.72 Å². The van der Waals surface area contributed by atoms with Crippen molar-refractivity contribution in [3.63, 3.8) is 0 Å². The Labute approximate surface area is 113 Å². The summed E-state index contributed by atoms with van der Waals surface area (Å²) >= 11 is 2.13. The van der Waals surface area contributed by atoms with Gasteiger partial charge in [-0.25, -0.2) is 13.1 Å². The first-order chi connectivity index (χ1) is 7.99. The molecule has 0 aliphatic carbocycles. The van der Waals surface area contributed by atoms with Crippen molar-refractivity contribution in [1.29, 1.82) is 0 Å². The van der Waals surface area contributed by atoms with E-state index in [2.05, 4.69) is 27.3 Å². The molecule has 0 atom stereocenters. The minimum atomic E-state index is -3.80. The Morgan fingerprint density at radius 1 is 1.35 bits per heavy atom. The Bertz CT molecular complexity index is 503. The van der Waals surface area contributed by atoms with Crippen LogP contribution in [0.5, 0.6) is 0 Å². The molecule has 1 rings (SSSR count). The Morgan fingerprint density at radius 2 is 2.00 bits per heavy atom. The van der Waals surface area contributed by atoms with Crippen molar-refractivity contribution in [2.75, 3.05) is 11.0 Å². The van der Waals surface area contributed by atoms with Crippen LogP contribution in [-0.4, -0.2) is 24.3 Å². The number of hydrogen-bond donors (Lipinski definition) is 1. The summed E-state index contributed by atoms with van der Waals surface area (Å²) in [6, 6.07) is 5.29. The molecule has 0 radical (unpaired) electrons. The summed E-state index contributed by atoms with van der Waals surface area (Å²) < 4.78 is 26.8. The molecule has 0 aromatic heterocycles. The zero-order valence-electron chi connectivity index (χ0n) is 8.80. The number of sulfonamides is 1. The molecule has 0 spiro atoms. The third-order valence-electron chi connectivity index (χ3n) is 1.95. The smallest absolute Gasteiger partial charge is 0.258 e. The summed E-state index contributed by atoms with van der Waals surface area (Å²) in [4.78, 5) is 9.72. The van der Waals surface area contributed by atoms with Crippen LogP contribution >= 0.6 is 22.6 Å². The number of nitro groups is 1. The molecule has 1 aromatic rings. The summed E-state index contributed by atoms with van der Waals surface area (Å²) in [5.74, 6) is 0. The predicted octanol–water partition coefficient (Wildman–Crippen LogP) is 1.70. The summed E-state index contributed by atoms with van der Waals surface area (Å²) in [5.41, 5.74) is -0.408. The van der Waals surface area contributed by atoms with Gasteiger partial charge in [0.25, 0.3) is 5.69 Å². The van der Waals surface area contributed by atoms with E-state index in [1.165, 1.54) is 24.3 Å². The van der Waals surface area contributed by atoms with E-state index in [9.17, 15) is 18.5 Å². The van der Waals surface area contributed by atoms with E-state index in [1.54, 1.807) is 0 Å². The summed E-state index contributed by atoms with van der Waals surface area (Å²) in [7, 11) is -3.80. The van der Waals surface area contributed by atoms with E-state index in [-0.39, 0.29) is 11.4 Å². The van der Waals surface area contributed by atoms with E-state index >= 15 is 0 Å². The minimum absolute atomic E-state index is 0.275. The molecule has 0 heterocycles. The predicted molar refractivity (Wildman–Crippen MR) is 71.8 cm³/mol. The second-order valence-corrected chi connectivity index (χ2v) is 5.98. The molecule has 1 N–H and O–H groups in total. The lowest BCUT2D eigenvalue weighted by Crippen LogP contribution is -2.25. The quantitative estimate of drug-likeness (QED) is 0.271. The van der Waals surface area contributed by atoms with E-state index in [0.29, 0.717) is 6.42 Å². The lowest BCUT2D eigenvalue weighted by atomic mass is 10.3. The van der Waals surface area contributed by atoms with Gasteiger partial charge in [0, 0.05) is 17.0 Å².